The van der Waals surface area contributed by atoms with Crippen molar-refractivity contribution in [2.45, 2.75) is 199 Å². The summed E-state index contributed by atoms with van der Waals surface area (Å²) in [6.45, 7) is 5.07. The van der Waals surface area contributed by atoms with Gasteiger partial charge in [0.05, 0.1) is 13.2 Å². The fraction of sp³-hybridized carbons (Fsp3) is 0.943. The van der Waals surface area contributed by atoms with Gasteiger partial charge in [-0.3, -0.25) is 9.59 Å². The van der Waals surface area contributed by atoms with Gasteiger partial charge in [-0.1, -0.05) is 149 Å². The van der Waals surface area contributed by atoms with Crippen molar-refractivity contribution >= 4 is 11.9 Å². The van der Waals surface area contributed by atoms with Crippen LogP contribution in [0.2, 0.25) is 0 Å². The highest BCUT2D eigenvalue weighted by molar-refractivity contribution is 5.75. The maximum Gasteiger partial charge on any atom is 0.322 e. The van der Waals surface area contributed by atoms with Gasteiger partial charge in [0.2, 0.25) is 0 Å². The van der Waals surface area contributed by atoms with Crippen LogP contribution in [0.4, 0.5) is 4.39 Å². The van der Waals surface area contributed by atoms with Crippen LogP contribution in [0.5, 0.6) is 0 Å². The number of alkyl halides is 1. The third-order valence-corrected chi connectivity index (χ3v) is 8.01. The topological polar surface area (TPSA) is 78.6 Å². The second-order valence-corrected chi connectivity index (χ2v) is 12.1. The monoisotopic (exact) mass is 586 g/mol. The van der Waals surface area contributed by atoms with E-state index in [1.165, 1.54) is 89.9 Å². The molecule has 0 aliphatic rings. The van der Waals surface area contributed by atoms with Crippen LogP contribution in [-0.4, -0.2) is 37.4 Å². The Morgan fingerprint density at radius 3 is 1.51 bits per heavy atom. The number of carbonyl (C=O) groups is 2. The maximum absolute atomic E-state index is 13.9. The third-order valence-electron chi connectivity index (χ3n) is 8.01. The largest absolute Gasteiger partial charge is 0.466 e. The van der Waals surface area contributed by atoms with Gasteiger partial charge < -0.3 is 15.2 Å². The molecule has 0 bridgehead atoms. The van der Waals surface area contributed by atoms with E-state index in [1.54, 1.807) is 0 Å². The molecule has 2 N–H and O–H groups in total. The minimum absolute atomic E-state index is 0.101. The van der Waals surface area contributed by atoms with Crippen LogP contribution < -0.4 is 5.73 Å². The molecule has 0 aromatic carbocycles. The summed E-state index contributed by atoms with van der Waals surface area (Å²) in [5.74, 6) is -0.542. The van der Waals surface area contributed by atoms with Crippen LogP contribution in [0.1, 0.15) is 187 Å². The number of ether oxygens (including phenoxy) is 2. The Morgan fingerprint density at radius 1 is 0.537 bits per heavy atom. The summed E-state index contributed by atoms with van der Waals surface area (Å²) in [4.78, 5) is 23.9. The van der Waals surface area contributed by atoms with Crippen molar-refractivity contribution in [1.82, 2.24) is 0 Å². The first-order valence-electron chi connectivity index (χ1n) is 17.7. The van der Waals surface area contributed by atoms with E-state index in [2.05, 4.69) is 13.8 Å². The number of esters is 2. The van der Waals surface area contributed by atoms with Crippen LogP contribution >= 0.6 is 0 Å². The zero-order valence-corrected chi connectivity index (χ0v) is 27.2. The number of rotatable bonds is 32. The van der Waals surface area contributed by atoms with Crippen molar-refractivity contribution in [3.63, 3.8) is 0 Å². The van der Waals surface area contributed by atoms with Gasteiger partial charge in [-0.2, -0.15) is 0 Å². The maximum atomic E-state index is 13.9. The van der Waals surface area contributed by atoms with Crippen LogP contribution in [0.15, 0.2) is 0 Å². The number of halogens is 1. The van der Waals surface area contributed by atoms with E-state index in [1.807, 2.05) is 0 Å². The van der Waals surface area contributed by atoms with Crippen LogP contribution in [0.3, 0.4) is 0 Å². The first-order valence-corrected chi connectivity index (χ1v) is 17.7. The Kier molecular flexibility index (Phi) is 30.9. The van der Waals surface area contributed by atoms with Crippen LogP contribution in [0, 0.1) is 0 Å². The molecular weight excluding hydrogens is 517 g/mol. The second-order valence-electron chi connectivity index (χ2n) is 12.1. The summed E-state index contributed by atoms with van der Waals surface area (Å²) < 4.78 is 24.4. The predicted octanol–water partition coefficient (Wildman–Crippen LogP) is 10.3. The Bertz CT molecular complexity index is 574. The van der Waals surface area contributed by atoms with Gasteiger partial charge in [0.25, 0.3) is 0 Å². The average molecular weight is 586 g/mol. The SMILES string of the molecule is CCCCCCCCCCCCCCCCOC(=O)CCCCCCC(N)C(=O)OCCC(F)CCCCCCC. The Labute approximate surface area is 253 Å². The molecule has 2 atom stereocenters. The molecule has 0 saturated heterocycles. The van der Waals surface area contributed by atoms with Crippen LogP contribution in [0.25, 0.3) is 0 Å². The standard InChI is InChI=1S/C35H68FNO4/c1-3-5-7-9-10-11-12-13-14-15-16-17-21-25-30-40-34(38)28-24-20-19-23-27-33(37)35(39)41-31-29-32(36)26-22-18-8-6-4-2/h32-33H,3-31,37H2,1-2H3. The summed E-state index contributed by atoms with van der Waals surface area (Å²) in [7, 11) is 0. The first kappa shape index (κ1) is 39.8. The van der Waals surface area contributed by atoms with Gasteiger partial charge in [-0.25, -0.2) is 4.39 Å². The van der Waals surface area contributed by atoms with Crippen LogP contribution in [-0.2, 0) is 19.1 Å². The molecule has 5 nitrogen and oxygen atoms in total. The average Bonchev–Trinajstić information content (AvgIpc) is 2.96. The summed E-state index contributed by atoms with van der Waals surface area (Å²) in [5, 5.41) is 0. The Morgan fingerprint density at radius 2 is 0.976 bits per heavy atom. The highest BCUT2D eigenvalue weighted by Gasteiger charge is 2.16. The fourth-order valence-corrected chi connectivity index (χ4v) is 5.17. The molecule has 0 spiro atoms. The van der Waals surface area contributed by atoms with E-state index in [0.717, 1.165) is 57.8 Å². The molecule has 41 heavy (non-hydrogen) atoms. The highest BCUT2D eigenvalue weighted by atomic mass is 19.1. The quantitative estimate of drug-likeness (QED) is 0.0627. The van der Waals surface area contributed by atoms with Gasteiger partial charge in [0.1, 0.15) is 12.2 Å². The zero-order valence-electron chi connectivity index (χ0n) is 27.2. The van der Waals surface area contributed by atoms with Gasteiger partial charge in [0.15, 0.2) is 0 Å². The van der Waals surface area contributed by atoms with Gasteiger partial charge in [0, 0.05) is 12.8 Å². The third kappa shape index (κ3) is 30.1. The molecule has 0 rings (SSSR count). The molecule has 0 aromatic heterocycles. The molecule has 0 saturated carbocycles. The van der Waals surface area contributed by atoms with Gasteiger partial charge >= 0.3 is 11.9 Å². The molecule has 0 aliphatic carbocycles. The van der Waals surface area contributed by atoms with E-state index in [0.29, 0.717) is 25.9 Å². The van der Waals surface area contributed by atoms with Crippen molar-refractivity contribution in [2.75, 3.05) is 13.2 Å². The first-order chi connectivity index (χ1) is 20.0. The number of hydrogen-bond acceptors (Lipinski definition) is 5. The van der Waals surface area contributed by atoms with Gasteiger partial charge in [-0.05, 0) is 25.7 Å². The highest BCUT2D eigenvalue weighted by Crippen LogP contribution is 2.14. The molecule has 6 heteroatoms. The Balaban J connectivity index is 3.43. The lowest BCUT2D eigenvalue weighted by atomic mass is 10.0. The molecule has 2 unspecified atom stereocenters. The molecule has 0 heterocycles. The van der Waals surface area contributed by atoms with Crippen molar-refractivity contribution in [3.05, 3.63) is 0 Å². The fourth-order valence-electron chi connectivity index (χ4n) is 5.17. The lowest BCUT2D eigenvalue weighted by Crippen LogP contribution is -2.32. The molecule has 0 aromatic rings. The Hall–Kier alpha value is -1.17. The molecule has 0 aliphatic heterocycles. The zero-order chi connectivity index (χ0) is 30.2. The number of nitrogens with two attached hydrogens (primary N) is 1. The minimum atomic E-state index is -0.911. The lowest BCUT2D eigenvalue weighted by Gasteiger charge is -2.13. The number of hydrogen-bond donors (Lipinski definition) is 1. The van der Waals surface area contributed by atoms with Crippen molar-refractivity contribution in [3.8, 4) is 0 Å². The second kappa shape index (κ2) is 31.8. The van der Waals surface area contributed by atoms with Crippen molar-refractivity contribution in [2.24, 2.45) is 5.73 Å². The number of unbranched alkanes of at least 4 members (excludes halogenated alkanes) is 20. The van der Waals surface area contributed by atoms with E-state index in [-0.39, 0.29) is 19.0 Å². The minimum Gasteiger partial charge on any atom is -0.466 e. The van der Waals surface area contributed by atoms with E-state index in [4.69, 9.17) is 15.2 Å². The number of carbonyl (C=O) groups excluding carboxylic acids is 2. The van der Waals surface area contributed by atoms with E-state index >= 15 is 0 Å². The summed E-state index contributed by atoms with van der Waals surface area (Å²) >= 11 is 0. The van der Waals surface area contributed by atoms with E-state index in [9.17, 15) is 14.0 Å². The molecular formula is C35H68FNO4. The molecule has 0 fully saturated rings. The summed E-state index contributed by atoms with van der Waals surface area (Å²) in [5.41, 5.74) is 5.93. The van der Waals surface area contributed by atoms with Gasteiger partial charge in [-0.15, -0.1) is 0 Å². The van der Waals surface area contributed by atoms with E-state index < -0.39 is 18.2 Å². The van der Waals surface area contributed by atoms with Crippen molar-refractivity contribution < 1.29 is 23.5 Å². The lowest BCUT2D eigenvalue weighted by molar-refractivity contribution is -0.146. The molecule has 0 amide bonds. The van der Waals surface area contributed by atoms with Crippen molar-refractivity contribution in [1.29, 1.82) is 0 Å². The predicted molar refractivity (Wildman–Crippen MR) is 171 cm³/mol. The smallest absolute Gasteiger partial charge is 0.322 e. The molecule has 0 radical (unpaired) electrons. The summed E-state index contributed by atoms with van der Waals surface area (Å²) in [6, 6.07) is -0.655. The summed E-state index contributed by atoms with van der Waals surface area (Å²) in [6.07, 6.45) is 28.3. The normalized spacial score (nSPS) is 12.8. The molecule has 244 valence electrons.